The fraction of sp³-hybridized carbons (Fsp3) is 0.333. The number of carbonyl (C=O) groups is 2. The Morgan fingerprint density at radius 2 is 1.70 bits per heavy atom. The zero-order valence-corrected chi connectivity index (χ0v) is 16.1. The standard InChI is InChI=1S/C21H26N2O4/c1-5-22-20(26)15-8-6-14(7-9-15)12-23(4)21(27)17-10-16(13(2)3)18(24)11-19(17)25/h6-11,13,24-25H,5,12H2,1-4H3,(H,22,26). The van der Waals surface area contributed by atoms with E-state index in [1.165, 1.54) is 17.0 Å². The van der Waals surface area contributed by atoms with Gasteiger partial charge in [0.1, 0.15) is 11.5 Å². The third kappa shape index (κ3) is 4.78. The quantitative estimate of drug-likeness (QED) is 0.728. The molecule has 27 heavy (non-hydrogen) atoms. The fourth-order valence-corrected chi connectivity index (χ4v) is 2.80. The van der Waals surface area contributed by atoms with Crippen molar-refractivity contribution in [1.82, 2.24) is 10.2 Å². The maximum Gasteiger partial charge on any atom is 0.257 e. The molecule has 0 spiro atoms. The second-order valence-electron chi connectivity index (χ2n) is 6.80. The largest absolute Gasteiger partial charge is 0.508 e. The van der Waals surface area contributed by atoms with Crippen LogP contribution in [0.5, 0.6) is 11.5 Å². The molecule has 0 saturated heterocycles. The van der Waals surface area contributed by atoms with Crippen molar-refractivity contribution in [3.63, 3.8) is 0 Å². The summed E-state index contributed by atoms with van der Waals surface area (Å²) in [4.78, 5) is 26.0. The lowest BCUT2D eigenvalue weighted by Crippen LogP contribution is -2.26. The summed E-state index contributed by atoms with van der Waals surface area (Å²) in [5.74, 6) is -0.738. The summed E-state index contributed by atoms with van der Waals surface area (Å²) in [6.45, 7) is 6.55. The summed E-state index contributed by atoms with van der Waals surface area (Å²) in [7, 11) is 1.64. The number of carbonyl (C=O) groups excluding carboxylic acids is 2. The number of rotatable bonds is 6. The highest BCUT2D eigenvalue weighted by molar-refractivity contribution is 5.97. The molecule has 6 heteroatoms. The van der Waals surface area contributed by atoms with Gasteiger partial charge >= 0.3 is 0 Å². The highest BCUT2D eigenvalue weighted by atomic mass is 16.3. The van der Waals surface area contributed by atoms with E-state index in [1.807, 2.05) is 20.8 Å². The van der Waals surface area contributed by atoms with Crippen molar-refractivity contribution in [2.24, 2.45) is 0 Å². The van der Waals surface area contributed by atoms with Gasteiger partial charge in [0.2, 0.25) is 0 Å². The lowest BCUT2D eigenvalue weighted by Gasteiger charge is -2.19. The van der Waals surface area contributed by atoms with Crippen LogP contribution in [0, 0.1) is 0 Å². The van der Waals surface area contributed by atoms with Crippen LogP contribution < -0.4 is 5.32 Å². The molecule has 2 aromatic carbocycles. The van der Waals surface area contributed by atoms with E-state index in [2.05, 4.69) is 5.32 Å². The molecule has 6 nitrogen and oxygen atoms in total. The van der Waals surface area contributed by atoms with E-state index in [4.69, 9.17) is 0 Å². The Kier molecular flexibility index (Phi) is 6.45. The van der Waals surface area contributed by atoms with Crippen LogP contribution in [0.15, 0.2) is 36.4 Å². The second-order valence-corrected chi connectivity index (χ2v) is 6.80. The first-order chi connectivity index (χ1) is 12.7. The van der Waals surface area contributed by atoms with Gasteiger partial charge in [0.25, 0.3) is 11.8 Å². The van der Waals surface area contributed by atoms with Crippen molar-refractivity contribution < 1.29 is 19.8 Å². The van der Waals surface area contributed by atoms with Gasteiger partial charge in [-0.05, 0) is 42.2 Å². The predicted octanol–water partition coefficient (Wildman–Crippen LogP) is 3.24. The first kappa shape index (κ1) is 20.3. The summed E-state index contributed by atoms with van der Waals surface area (Å²) < 4.78 is 0. The maximum absolute atomic E-state index is 12.7. The molecule has 2 amide bonds. The van der Waals surface area contributed by atoms with E-state index in [-0.39, 0.29) is 34.8 Å². The number of amides is 2. The smallest absolute Gasteiger partial charge is 0.257 e. The Labute approximate surface area is 159 Å². The molecule has 0 aliphatic heterocycles. The van der Waals surface area contributed by atoms with Gasteiger partial charge in [-0.25, -0.2) is 0 Å². The molecule has 2 aromatic rings. The Bertz CT molecular complexity index is 829. The van der Waals surface area contributed by atoms with Crippen LogP contribution in [0.4, 0.5) is 0 Å². The number of phenolic OH excluding ortho intramolecular Hbond substituents is 2. The first-order valence-electron chi connectivity index (χ1n) is 8.93. The lowest BCUT2D eigenvalue weighted by atomic mass is 9.98. The topological polar surface area (TPSA) is 89.9 Å². The van der Waals surface area contributed by atoms with E-state index >= 15 is 0 Å². The number of nitrogens with zero attached hydrogens (tertiary/aromatic N) is 1. The third-order valence-corrected chi connectivity index (χ3v) is 4.32. The van der Waals surface area contributed by atoms with Crippen LogP contribution in [-0.4, -0.2) is 40.5 Å². The summed E-state index contributed by atoms with van der Waals surface area (Å²) in [5.41, 5.74) is 2.18. The van der Waals surface area contributed by atoms with E-state index in [1.54, 1.807) is 31.3 Å². The van der Waals surface area contributed by atoms with Crippen LogP contribution in [0.25, 0.3) is 0 Å². The average molecular weight is 370 g/mol. The molecule has 144 valence electrons. The summed E-state index contributed by atoms with van der Waals surface area (Å²) in [5, 5.41) is 22.7. The minimum absolute atomic E-state index is 0.0178. The van der Waals surface area contributed by atoms with E-state index in [0.29, 0.717) is 24.2 Å². The minimum atomic E-state index is -0.345. The van der Waals surface area contributed by atoms with Crippen LogP contribution in [-0.2, 0) is 6.54 Å². The van der Waals surface area contributed by atoms with E-state index in [9.17, 15) is 19.8 Å². The maximum atomic E-state index is 12.7. The molecule has 0 unspecified atom stereocenters. The molecule has 0 aromatic heterocycles. The van der Waals surface area contributed by atoms with Gasteiger partial charge in [-0.2, -0.15) is 0 Å². The Balaban J connectivity index is 2.16. The van der Waals surface area contributed by atoms with Crippen LogP contribution >= 0.6 is 0 Å². The average Bonchev–Trinajstić information content (AvgIpc) is 2.61. The van der Waals surface area contributed by atoms with Gasteiger partial charge in [0.15, 0.2) is 0 Å². The molecule has 0 saturated carbocycles. The number of hydrogen-bond acceptors (Lipinski definition) is 4. The number of hydrogen-bond donors (Lipinski definition) is 3. The number of phenols is 2. The molecular formula is C21H26N2O4. The van der Waals surface area contributed by atoms with Crippen molar-refractivity contribution in [1.29, 1.82) is 0 Å². The van der Waals surface area contributed by atoms with Crippen molar-refractivity contribution in [3.05, 3.63) is 58.7 Å². The zero-order valence-electron chi connectivity index (χ0n) is 16.1. The Hall–Kier alpha value is -3.02. The van der Waals surface area contributed by atoms with Gasteiger partial charge < -0.3 is 20.4 Å². The van der Waals surface area contributed by atoms with E-state index in [0.717, 1.165) is 5.56 Å². The molecule has 0 fully saturated rings. The first-order valence-corrected chi connectivity index (χ1v) is 8.93. The minimum Gasteiger partial charge on any atom is -0.508 e. The summed E-state index contributed by atoms with van der Waals surface area (Å²) >= 11 is 0. The van der Waals surface area contributed by atoms with Crippen molar-refractivity contribution in [3.8, 4) is 11.5 Å². The highest BCUT2D eigenvalue weighted by Crippen LogP contribution is 2.32. The SMILES string of the molecule is CCNC(=O)c1ccc(CN(C)C(=O)c2cc(C(C)C)c(O)cc2O)cc1. The van der Waals surface area contributed by atoms with Gasteiger partial charge in [0.05, 0.1) is 5.56 Å². The third-order valence-electron chi connectivity index (χ3n) is 4.32. The van der Waals surface area contributed by atoms with Gasteiger partial charge in [-0.1, -0.05) is 26.0 Å². The molecule has 0 heterocycles. The van der Waals surface area contributed by atoms with Crippen LogP contribution in [0.1, 0.15) is 58.5 Å². The second kappa shape index (κ2) is 8.58. The Morgan fingerprint density at radius 1 is 1.07 bits per heavy atom. The zero-order chi connectivity index (χ0) is 20.1. The number of nitrogens with one attached hydrogen (secondary N) is 1. The monoisotopic (exact) mass is 370 g/mol. The molecule has 0 bridgehead atoms. The number of benzene rings is 2. The summed E-state index contributed by atoms with van der Waals surface area (Å²) in [6.07, 6.45) is 0. The predicted molar refractivity (Wildman–Crippen MR) is 104 cm³/mol. The van der Waals surface area contributed by atoms with Crippen molar-refractivity contribution >= 4 is 11.8 Å². The van der Waals surface area contributed by atoms with Crippen LogP contribution in [0.3, 0.4) is 0 Å². The van der Waals surface area contributed by atoms with Gasteiger partial charge in [-0.15, -0.1) is 0 Å². The molecule has 0 aliphatic carbocycles. The van der Waals surface area contributed by atoms with Gasteiger partial charge in [0, 0.05) is 31.8 Å². The molecule has 0 atom stereocenters. The molecule has 2 rings (SSSR count). The summed E-state index contributed by atoms with van der Waals surface area (Å²) in [6, 6.07) is 9.76. The van der Waals surface area contributed by atoms with Crippen LogP contribution in [0.2, 0.25) is 0 Å². The lowest BCUT2D eigenvalue weighted by molar-refractivity contribution is 0.0781. The molecule has 0 radical (unpaired) electrons. The van der Waals surface area contributed by atoms with Crippen molar-refractivity contribution in [2.45, 2.75) is 33.2 Å². The van der Waals surface area contributed by atoms with Gasteiger partial charge in [-0.3, -0.25) is 9.59 Å². The molecule has 3 N–H and O–H groups in total. The molecule has 0 aliphatic rings. The highest BCUT2D eigenvalue weighted by Gasteiger charge is 2.20. The molecular weight excluding hydrogens is 344 g/mol. The normalized spacial score (nSPS) is 10.7. The Morgan fingerprint density at radius 3 is 2.26 bits per heavy atom. The number of aromatic hydroxyl groups is 2. The fourth-order valence-electron chi connectivity index (χ4n) is 2.80. The van der Waals surface area contributed by atoms with Crippen molar-refractivity contribution in [2.75, 3.05) is 13.6 Å². The van der Waals surface area contributed by atoms with E-state index < -0.39 is 0 Å².